The van der Waals surface area contributed by atoms with Crippen LogP contribution in [0.3, 0.4) is 0 Å². The van der Waals surface area contributed by atoms with E-state index in [9.17, 15) is 5.11 Å². The third kappa shape index (κ3) is 2.10. The number of nitrogens with zero attached hydrogens (tertiary/aromatic N) is 3. The summed E-state index contributed by atoms with van der Waals surface area (Å²) in [6, 6.07) is 13.4. The number of benzene rings is 1. The normalized spacial score (nSPS) is 11.1. The third-order valence-corrected chi connectivity index (χ3v) is 3.41. The molecule has 3 aromatic heterocycles. The zero-order valence-electron chi connectivity index (χ0n) is 11.5. The summed E-state index contributed by atoms with van der Waals surface area (Å²) in [6.07, 6.45) is 2.09. The molecule has 0 saturated carbocycles. The van der Waals surface area contributed by atoms with E-state index in [2.05, 4.69) is 20.2 Å². The van der Waals surface area contributed by atoms with E-state index in [-0.39, 0.29) is 5.88 Å². The first-order valence-electron chi connectivity index (χ1n) is 6.83. The van der Waals surface area contributed by atoms with Crippen LogP contribution in [0.25, 0.3) is 22.5 Å². The smallest absolute Gasteiger partial charge is 0.226 e. The molecule has 0 fully saturated rings. The van der Waals surface area contributed by atoms with E-state index in [4.69, 9.17) is 4.42 Å². The van der Waals surface area contributed by atoms with Crippen LogP contribution < -0.4 is 0 Å². The van der Waals surface area contributed by atoms with Crippen molar-refractivity contribution in [1.82, 2.24) is 20.2 Å². The molecule has 0 radical (unpaired) electrons. The molecule has 0 aliphatic rings. The molecule has 0 spiro atoms. The predicted octanol–water partition coefficient (Wildman–Crippen LogP) is 2.91. The van der Waals surface area contributed by atoms with Crippen molar-refractivity contribution >= 4 is 11.0 Å². The molecule has 0 bridgehead atoms. The summed E-state index contributed by atoms with van der Waals surface area (Å²) in [6.45, 7) is 0. The summed E-state index contributed by atoms with van der Waals surface area (Å²) >= 11 is 0. The van der Waals surface area contributed by atoms with Gasteiger partial charge < -0.3 is 9.52 Å². The Labute approximate surface area is 125 Å². The SMILES string of the molecule is Oc1nc(Cc2ccccc2)nc2[nH]nc(-c3ccco3)c12. The standard InChI is InChI=1S/C16H12N4O2/c21-16-13-14(11-7-4-8-22-11)19-20-15(13)17-12(18-16)9-10-5-2-1-3-6-10/h1-8H,9H2,(H2,17,18,19,20,21). The van der Waals surface area contributed by atoms with Crippen molar-refractivity contribution in [2.45, 2.75) is 6.42 Å². The number of rotatable bonds is 3. The quantitative estimate of drug-likeness (QED) is 0.606. The van der Waals surface area contributed by atoms with Gasteiger partial charge in [0.25, 0.3) is 0 Å². The number of aromatic amines is 1. The van der Waals surface area contributed by atoms with Crippen molar-refractivity contribution in [3.8, 4) is 17.3 Å². The molecule has 4 aromatic rings. The average molecular weight is 292 g/mol. The average Bonchev–Trinajstić information content (AvgIpc) is 3.16. The first kappa shape index (κ1) is 12.6. The van der Waals surface area contributed by atoms with Gasteiger partial charge in [0.15, 0.2) is 11.4 Å². The van der Waals surface area contributed by atoms with Gasteiger partial charge in [0.2, 0.25) is 5.88 Å². The van der Waals surface area contributed by atoms with E-state index in [1.54, 1.807) is 18.4 Å². The summed E-state index contributed by atoms with van der Waals surface area (Å²) in [5.41, 5.74) is 2.07. The van der Waals surface area contributed by atoms with Gasteiger partial charge in [0, 0.05) is 6.42 Å². The van der Waals surface area contributed by atoms with Crippen LogP contribution >= 0.6 is 0 Å². The number of hydrogen-bond acceptors (Lipinski definition) is 5. The van der Waals surface area contributed by atoms with Crippen LogP contribution in [0.2, 0.25) is 0 Å². The highest BCUT2D eigenvalue weighted by atomic mass is 16.3. The van der Waals surface area contributed by atoms with Crippen LogP contribution in [0, 0.1) is 0 Å². The fraction of sp³-hybridized carbons (Fsp3) is 0.0625. The molecule has 108 valence electrons. The van der Waals surface area contributed by atoms with Gasteiger partial charge in [-0.15, -0.1) is 0 Å². The van der Waals surface area contributed by atoms with Gasteiger partial charge >= 0.3 is 0 Å². The maximum absolute atomic E-state index is 10.2. The number of aromatic hydroxyl groups is 1. The number of furan rings is 1. The Bertz CT molecular complexity index is 914. The molecule has 0 aliphatic carbocycles. The Morgan fingerprint density at radius 2 is 1.91 bits per heavy atom. The molecule has 0 atom stereocenters. The fourth-order valence-electron chi connectivity index (χ4n) is 2.41. The molecule has 0 amide bonds. The van der Waals surface area contributed by atoms with E-state index in [0.717, 1.165) is 5.56 Å². The van der Waals surface area contributed by atoms with E-state index < -0.39 is 0 Å². The zero-order chi connectivity index (χ0) is 14.9. The maximum atomic E-state index is 10.2. The Balaban J connectivity index is 1.78. The van der Waals surface area contributed by atoms with Crippen LogP contribution in [0.5, 0.6) is 5.88 Å². The fourth-order valence-corrected chi connectivity index (χ4v) is 2.41. The number of nitrogens with one attached hydrogen (secondary N) is 1. The molecule has 1 aromatic carbocycles. The second kappa shape index (κ2) is 5.00. The van der Waals surface area contributed by atoms with E-state index in [1.165, 1.54) is 0 Å². The highest BCUT2D eigenvalue weighted by Crippen LogP contribution is 2.31. The van der Waals surface area contributed by atoms with Crippen LogP contribution in [0.1, 0.15) is 11.4 Å². The molecular weight excluding hydrogens is 280 g/mol. The molecular formula is C16H12N4O2. The van der Waals surface area contributed by atoms with Gasteiger partial charge in [0.05, 0.1) is 6.26 Å². The van der Waals surface area contributed by atoms with Crippen molar-refractivity contribution in [1.29, 1.82) is 0 Å². The Morgan fingerprint density at radius 1 is 1.05 bits per heavy atom. The van der Waals surface area contributed by atoms with Crippen molar-refractivity contribution in [3.63, 3.8) is 0 Å². The van der Waals surface area contributed by atoms with Crippen molar-refractivity contribution in [2.24, 2.45) is 0 Å². The molecule has 0 saturated heterocycles. The maximum Gasteiger partial charge on any atom is 0.226 e. The van der Waals surface area contributed by atoms with E-state index >= 15 is 0 Å². The van der Waals surface area contributed by atoms with Gasteiger partial charge in [0.1, 0.15) is 16.9 Å². The first-order chi connectivity index (χ1) is 10.8. The predicted molar refractivity (Wildman–Crippen MR) is 80.3 cm³/mol. The van der Waals surface area contributed by atoms with Crippen LogP contribution in [0.4, 0.5) is 0 Å². The minimum absolute atomic E-state index is 0.101. The number of hydrogen-bond donors (Lipinski definition) is 2. The second-order valence-electron chi connectivity index (χ2n) is 4.90. The molecule has 4 rings (SSSR count). The van der Waals surface area contributed by atoms with Crippen LogP contribution in [0.15, 0.2) is 53.1 Å². The van der Waals surface area contributed by atoms with Gasteiger partial charge in [-0.05, 0) is 17.7 Å². The summed E-state index contributed by atoms with van der Waals surface area (Å²) < 4.78 is 5.32. The molecule has 2 N–H and O–H groups in total. The van der Waals surface area contributed by atoms with Crippen molar-refractivity contribution in [2.75, 3.05) is 0 Å². The monoisotopic (exact) mass is 292 g/mol. The Hall–Kier alpha value is -3.15. The summed E-state index contributed by atoms with van der Waals surface area (Å²) in [5.74, 6) is 0.989. The number of aromatic nitrogens is 4. The molecule has 6 nitrogen and oxygen atoms in total. The lowest BCUT2D eigenvalue weighted by molar-refractivity contribution is 0.457. The van der Waals surface area contributed by atoms with E-state index in [0.29, 0.717) is 34.7 Å². The lowest BCUT2D eigenvalue weighted by Gasteiger charge is -2.02. The molecule has 6 heteroatoms. The third-order valence-electron chi connectivity index (χ3n) is 3.41. The molecule has 0 aliphatic heterocycles. The lowest BCUT2D eigenvalue weighted by Crippen LogP contribution is -1.97. The molecule has 3 heterocycles. The zero-order valence-corrected chi connectivity index (χ0v) is 11.5. The highest BCUT2D eigenvalue weighted by molar-refractivity contribution is 5.93. The van der Waals surface area contributed by atoms with E-state index in [1.807, 2.05) is 30.3 Å². The first-order valence-corrected chi connectivity index (χ1v) is 6.83. The van der Waals surface area contributed by atoms with Gasteiger partial charge in [-0.3, -0.25) is 5.10 Å². The topological polar surface area (TPSA) is 87.8 Å². The van der Waals surface area contributed by atoms with Crippen molar-refractivity contribution < 1.29 is 9.52 Å². The number of fused-ring (bicyclic) bond motifs is 1. The summed E-state index contributed by atoms with van der Waals surface area (Å²) in [7, 11) is 0. The minimum atomic E-state index is -0.101. The Morgan fingerprint density at radius 3 is 2.68 bits per heavy atom. The Kier molecular flexibility index (Phi) is 2.86. The van der Waals surface area contributed by atoms with Crippen LogP contribution in [-0.4, -0.2) is 25.3 Å². The van der Waals surface area contributed by atoms with Crippen molar-refractivity contribution in [3.05, 3.63) is 60.1 Å². The highest BCUT2D eigenvalue weighted by Gasteiger charge is 2.17. The minimum Gasteiger partial charge on any atom is -0.493 e. The van der Waals surface area contributed by atoms with Crippen LogP contribution in [-0.2, 0) is 6.42 Å². The number of H-pyrrole nitrogens is 1. The molecule has 0 unspecified atom stereocenters. The largest absolute Gasteiger partial charge is 0.493 e. The van der Waals surface area contributed by atoms with Gasteiger partial charge in [-0.1, -0.05) is 30.3 Å². The second-order valence-corrected chi connectivity index (χ2v) is 4.90. The lowest BCUT2D eigenvalue weighted by atomic mass is 10.1. The molecule has 22 heavy (non-hydrogen) atoms. The summed E-state index contributed by atoms with van der Waals surface area (Å²) in [4.78, 5) is 8.61. The van der Waals surface area contributed by atoms with Gasteiger partial charge in [-0.25, -0.2) is 4.98 Å². The van der Waals surface area contributed by atoms with Gasteiger partial charge in [-0.2, -0.15) is 10.1 Å². The summed E-state index contributed by atoms with van der Waals surface area (Å²) in [5, 5.41) is 17.7.